The molecular formula is C27H28F2N2O3. The van der Waals surface area contributed by atoms with Crippen LogP contribution in [0, 0.1) is 11.6 Å². The van der Waals surface area contributed by atoms with Crippen LogP contribution in [0.1, 0.15) is 62.0 Å². The van der Waals surface area contributed by atoms with E-state index in [0.717, 1.165) is 25.7 Å². The molecule has 2 aromatic carbocycles. The van der Waals surface area contributed by atoms with Gasteiger partial charge in [-0.15, -0.1) is 0 Å². The van der Waals surface area contributed by atoms with Gasteiger partial charge in [-0.1, -0.05) is 49.2 Å². The summed E-state index contributed by atoms with van der Waals surface area (Å²) in [5, 5.41) is 0. The Morgan fingerprint density at radius 3 is 2.32 bits per heavy atom. The molecule has 178 valence electrons. The van der Waals surface area contributed by atoms with Gasteiger partial charge in [-0.25, -0.2) is 8.78 Å². The zero-order valence-corrected chi connectivity index (χ0v) is 19.0. The molecule has 2 atom stereocenters. The van der Waals surface area contributed by atoms with E-state index in [4.69, 9.17) is 0 Å². The molecule has 3 aliphatic rings. The molecule has 7 heteroatoms. The molecule has 1 saturated carbocycles. The zero-order chi connectivity index (χ0) is 23.9. The highest BCUT2D eigenvalue weighted by Gasteiger charge is 2.57. The van der Waals surface area contributed by atoms with Crippen LogP contribution in [0.2, 0.25) is 0 Å². The van der Waals surface area contributed by atoms with Crippen molar-refractivity contribution in [1.29, 1.82) is 0 Å². The molecule has 2 aliphatic heterocycles. The number of rotatable bonds is 5. The molecule has 2 unspecified atom stereocenters. The molecular weight excluding hydrogens is 438 g/mol. The molecule has 0 radical (unpaired) electrons. The molecule has 0 bridgehead atoms. The van der Waals surface area contributed by atoms with E-state index in [0.29, 0.717) is 25.1 Å². The van der Waals surface area contributed by atoms with E-state index in [-0.39, 0.29) is 48.0 Å². The van der Waals surface area contributed by atoms with E-state index in [1.807, 2.05) is 0 Å². The van der Waals surface area contributed by atoms with Gasteiger partial charge in [0.1, 0.15) is 11.6 Å². The van der Waals surface area contributed by atoms with E-state index in [9.17, 15) is 23.2 Å². The minimum absolute atomic E-state index is 0.104. The third-order valence-corrected chi connectivity index (χ3v) is 7.77. The second kappa shape index (κ2) is 8.93. The van der Waals surface area contributed by atoms with Crippen LogP contribution in [0.3, 0.4) is 0 Å². The third-order valence-electron chi connectivity index (χ3n) is 7.77. The molecule has 3 amide bonds. The molecule has 3 fully saturated rings. The minimum atomic E-state index is -1.54. The summed E-state index contributed by atoms with van der Waals surface area (Å²) in [6.45, 7) is 0.765. The molecule has 0 N–H and O–H groups in total. The standard InChI is InChI=1S/C27H28F2N2O3/c28-22-11-5-3-9-20(22)18-13-14-30(17-18)24(32)15-27(21-10-4-6-12-23(21)29)16-25(33)31(26(27)34)19-7-1-2-8-19/h3-6,9-12,18-19H,1-2,7-8,13-17H2. The molecule has 0 aromatic heterocycles. The number of carbonyl (C=O) groups excluding carboxylic acids is 3. The van der Waals surface area contributed by atoms with Crippen LogP contribution in [-0.4, -0.2) is 46.7 Å². The quantitative estimate of drug-likeness (QED) is 0.617. The lowest BCUT2D eigenvalue weighted by molar-refractivity contribution is -0.144. The van der Waals surface area contributed by atoms with E-state index >= 15 is 0 Å². The summed E-state index contributed by atoms with van der Waals surface area (Å²) in [5.41, 5.74) is -0.869. The molecule has 5 nitrogen and oxygen atoms in total. The summed E-state index contributed by atoms with van der Waals surface area (Å²) < 4.78 is 29.3. The van der Waals surface area contributed by atoms with Crippen molar-refractivity contribution < 1.29 is 23.2 Å². The smallest absolute Gasteiger partial charge is 0.241 e. The maximum Gasteiger partial charge on any atom is 0.241 e. The fraction of sp³-hybridized carbons (Fsp3) is 0.444. The predicted octanol–water partition coefficient (Wildman–Crippen LogP) is 4.31. The maximum atomic E-state index is 15.0. The first-order valence-corrected chi connectivity index (χ1v) is 12.0. The van der Waals surface area contributed by atoms with Crippen LogP contribution >= 0.6 is 0 Å². The van der Waals surface area contributed by atoms with E-state index in [2.05, 4.69) is 0 Å². The monoisotopic (exact) mass is 466 g/mol. The van der Waals surface area contributed by atoms with Crippen LogP contribution in [0.25, 0.3) is 0 Å². The SMILES string of the molecule is O=C(CC1(c2ccccc2F)CC(=O)N(C2CCCC2)C1=O)N1CCC(c2ccccc2F)C1. The van der Waals surface area contributed by atoms with Crippen molar-refractivity contribution in [3.05, 3.63) is 71.3 Å². The zero-order valence-electron chi connectivity index (χ0n) is 19.0. The lowest BCUT2D eigenvalue weighted by Crippen LogP contribution is -2.46. The molecule has 2 heterocycles. The maximum absolute atomic E-state index is 15.0. The van der Waals surface area contributed by atoms with Crippen LogP contribution in [0.4, 0.5) is 8.78 Å². The van der Waals surface area contributed by atoms with Crippen LogP contribution in [0.15, 0.2) is 48.5 Å². The van der Waals surface area contributed by atoms with Gasteiger partial charge in [0.05, 0.1) is 5.41 Å². The third kappa shape index (κ3) is 3.81. The lowest BCUT2D eigenvalue weighted by Gasteiger charge is -2.31. The van der Waals surface area contributed by atoms with Crippen molar-refractivity contribution in [2.45, 2.75) is 62.3 Å². The van der Waals surface area contributed by atoms with Crippen molar-refractivity contribution in [2.24, 2.45) is 0 Å². The van der Waals surface area contributed by atoms with Crippen molar-refractivity contribution >= 4 is 17.7 Å². The summed E-state index contributed by atoms with van der Waals surface area (Å²) in [6.07, 6.45) is 3.51. The van der Waals surface area contributed by atoms with Gasteiger partial charge in [0.25, 0.3) is 0 Å². The van der Waals surface area contributed by atoms with Gasteiger partial charge in [-0.05, 0) is 37.0 Å². The van der Waals surface area contributed by atoms with Crippen molar-refractivity contribution in [3.63, 3.8) is 0 Å². The Kier molecular flexibility index (Phi) is 5.96. The Labute approximate surface area is 197 Å². The van der Waals surface area contributed by atoms with Gasteiger partial charge < -0.3 is 4.90 Å². The lowest BCUT2D eigenvalue weighted by atomic mass is 9.75. The van der Waals surface area contributed by atoms with Gasteiger partial charge in [-0.2, -0.15) is 0 Å². The number of nitrogens with zero attached hydrogens (tertiary/aromatic N) is 2. The molecule has 5 rings (SSSR count). The van der Waals surface area contributed by atoms with Gasteiger partial charge in [-0.3, -0.25) is 19.3 Å². The second-order valence-electron chi connectivity index (χ2n) is 9.77. The van der Waals surface area contributed by atoms with Crippen molar-refractivity contribution in [3.8, 4) is 0 Å². The molecule has 0 spiro atoms. The van der Waals surface area contributed by atoms with Crippen LogP contribution < -0.4 is 0 Å². The Hall–Kier alpha value is -3.09. The Balaban J connectivity index is 1.43. The summed E-state index contributed by atoms with van der Waals surface area (Å²) in [7, 11) is 0. The van der Waals surface area contributed by atoms with Crippen molar-refractivity contribution in [2.75, 3.05) is 13.1 Å². The van der Waals surface area contributed by atoms with Gasteiger partial charge >= 0.3 is 0 Å². The predicted molar refractivity (Wildman–Crippen MR) is 122 cm³/mol. The number of hydrogen-bond acceptors (Lipinski definition) is 3. The average molecular weight is 467 g/mol. The first-order chi connectivity index (χ1) is 16.4. The Morgan fingerprint density at radius 1 is 0.941 bits per heavy atom. The number of likely N-dealkylation sites (tertiary alicyclic amines) is 2. The first kappa shape index (κ1) is 22.7. The summed E-state index contributed by atoms with van der Waals surface area (Å²) >= 11 is 0. The summed E-state index contributed by atoms with van der Waals surface area (Å²) in [5.74, 6) is -2.13. The van der Waals surface area contributed by atoms with E-state index in [1.54, 1.807) is 29.2 Å². The van der Waals surface area contributed by atoms with E-state index < -0.39 is 17.1 Å². The number of amides is 3. The largest absolute Gasteiger partial charge is 0.342 e. The minimum Gasteiger partial charge on any atom is -0.342 e. The highest BCUT2D eigenvalue weighted by atomic mass is 19.1. The van der Waals surface area contributed by atoms with Gasteiger partial charge in [0, 0.05) is 43.5 Å². The fourth-order valence-electron chi connectivity index (χ4n) is 6.00. The topological polar surface area (TPSA) is 57.7 Å². The normalized spacial score (nSPS) is 25.5. The highest BCUT2D eigenvalue weighted by Crippen LogP contribution is 2.44. The molecule has 34 heavy (non-hydrogen) atoms. The average Bonchev–Trinajstić information content (AvgIpc) is 3.56. The van der Waals surface area contributed by atoms with Crippen LogP contribution in [0.5, 0.6) is 0 Å². The van der Waals surface area contributed by atoms with Gasteiger partial charge in [0.15, 0.2) is 0 Å². The molecule has 1 aliphatic carbocycles. The van der Waals surface area contributed by atoms with Gasteiger partial charge in [0.2, 0.25) is 17.7 Å². The number of halogens is 2. The Bertz CT molecular complexity index is 1130. The fourth-order valence-corrected chi connectivity index (χ4v) is 6.00. The van der Waals surface area contributed by atoms with Crippen molar-refractivity contribution in [1.82, 2.24) is 9.80 Å². The number of hydrogen-bond donors (Lipinski definition) is 0. The highest BCUT2D eigenvalue weighted by molar-refractivity contribution is 6.11. The molecule has 2 saturated heterocycles. The number of benzene rings is 2. The van der Waals surface area contributed by atoms with E-state index in [1.165, 1.54) is 29.2 Å². The Morgan fingerprint density at radius 2 is 1.62 bits per heavy atom. The summed E-state index contributed by atoms with van der Waals surface area (Å²) in [6, 6.07) is 12.3. The number of carbonyl (C=O) groups is 3. The number of imide groups is 1. The summed E-state index contributed by atoms with van der Waals surface area (Å²) in [4.78, 5) is 43.2. The molecule has 2 aromatic rings. The first-order valence-electron chi connectivity index (χ1n) is 12.0. The van der Waals surface area contributed by atoms with Crippen LogP contribution in [-0.2, 0) is 19.8 Å². The second-order valence-corrected chi connectivity index (χ2v) is 9.77.